The lowest BCUT2D eigenvalue weighted by Crippen LogP contribution is -2.40. The van der Waals surface area contributed by atoms with Crippen molar-refractivity contribution in [3.63, 3.8) is 0 Å². The van der Waals surface area contributed by atoms with Gasteiger partial charge in [0.15, 0.2) is 16.3 Å². The Balaban J connectivity index is 1.62. The fraction of sp³-hybridized carbons (Fsp3) is 0.250. The van der Waals surface area contributed by atoms with Gasteiger partial charge in [0.25, 0.3) is 5.56 Å². The van der Waals surface area contributed by atoms with Crippen molar-refractivity contribution < 1.29 is 33.0 Å². The van der Waals surface area contributed by atoms with Crippen molar-refractivity contribution in [1.29, 1.82) is 0 Å². The topological polar surface area (TPSA) is 119 Å². The lowest BCUT2D eigenvalue weighted by Gasteiger charge is -2.26. The van der Waals surface area contributed by atoms with E-state index in [1.54, 1.807) is 68.5 Å². The maximum Gasteiger partial charge on any atom is 0.338 e. The molecule has 10 nitrogen and oxygen atoms in total. The number of furan rings is 1. The van der Waals surface area contributed by atoms with Crippen LogP contribution in [0.5, 0.6) is 11.5 Å². The number of ether oxygens (including phenoxy) is 4. The van der Waals surface area contributed by atoms with Gasteiger partial charge in [-0.25, -0.2) is 14.6 Å². The molecule has 12 heteroatoms. The molecule has 1 aliphatic heterocycles. The van der Waals surface area contributed by atoms with Gasteiger partial charge in [0.1, 0.15) is 11.5 Å². The number of thiazole rings is 1. The zero-order valence-electron chi connectivity index (χ0n) is 24.6. The fourth-order valence-electron chi connectivity index (χ4n) is 4.88. The number of halogens is 1. The van der Waals surface area contributed by atoms with Crippen LogP contribution in [0.1, 0.15) is 48.5 Å². The number of hydrogen-bond acceptors (Lipinski definition) is 10. The van der Waals surface area contributed by atoms with Crippen molar-refractivity contribution in [3.05, 3.63) is 101 Å². The highest BCUT2D eigenvalue weighted by molar-refractivity contribution is 9.10. The van der Waals surface area contributed by atoms with Crippen LogP contribution in [0.25, 0.3) is 17.4 Å². The zero-order chi connectivity index (χ0) is 31.5. The van der Waals surface area contributed by atoms with Crippen molar-refractivity contribution in [2.45, 2.75) is 26.8 Å². The molecule has 0 fully saturated rings. The van der Waals surface area contributed by atoms with Gasteiger partial charge in [-0.3, -0.25) is 9.36 Å². The number of rotatable bonds is 9. The molecule has 2 aromatic heterocycles. The predicted molar refractivity (Wildman–Crippen MR) is 168 cm³/mol. The third-order valence-electron chi connectivity index (χ3n) is 6.89. The third-order valence-corrected chi connectivity index (χ3v) is 8.55. The lowest BCUT2D eigenvalue weighted by atomic mass is 9.95. The van der Waals surface area contributed by atoms with E-state index < -0.39 is 18.0 Å². The van der Waals surface area contributed by atoms with Crippen LogP contribution in [0, 0.1) is 0 Å². The Labute approximate surface area is 265 Å². The molecule has 0 amide bonds. The first-order valence-corrected chi connectivity index (χ1v) is 15.3. The molecule has 44 heavy (non-hydrogen) atoms. The number of allylic oxidation sites excluding steroid dienone is 1. The summed E-state index contributed by atoms with van der Waals surface area (Å²) in [7, 11) is 2.85. The maximum atomic E-state index is 14.0. The number of hydrogen-bond donors (Lipinski definition) is 0. The molecule has 0 spiro atoms. The van der Waals surface area contributed by atoms with Crippen LogP contribution in [0.4, 0.5) is 0 Å². The highest BCUT2D eigenvalue weighted by atomic mass is 79.9. The quantitative estimate of drug-likeness (QED) is 0.226. The Morgan fingerprint density at radius 2 is 1.80 bits per heavy atom. The van der Waals surface area contributed by atoms with Crippen LogP contribution >= 0.6 is 27.3 Å². The predicted octanol–water partition coefficient (Wildman–Crippen LogP) is 5.01. The van der Waals surface area contributed by atoms with Crippen molar-refractivity contribution in [2.24, 2.45) is 4.99 Å². The number of carbonyl (C=O) groups excluding carboxylic acids is 2. The Kier molecular flexibility index (Phi) is 9.21. The average Bonchev–Trinajstić information content (AvgIpc) is 3.60. The number of carbonyl (C=O) groups is 2. The molecular formula is C32H29BrN2O8S. The van der Waals surface area contributed by atoms with Gasteiger partial charge >= 0.3 is 11.9 Å². The molecule has 1 aliphatic rings. The monoisotopic (exact) mass is 680 g/mol. The van der Waals surface area contributed by atoms with Crippen molar-refractivity contribution in [1.82, 2.24) is 4.57 Å². The van der Waals surface area contributed by atoms with Crippen LogP contribution < -0.4 is 24.4 Å². The number of fused-ring (bicyclic) bond motifs is 1. The minimum Gasteiger partial charge on any atom is -0.493 e. The van der Waals surface area contributed by atoms with E-state index in [1.807, 2.05) is 6.92 Å². The van der Waals surface area contributed by atoms with Gasteiger partial charge in [-0.15, -0.1) is 0 Å². The van der Waals surface area contributed by atoms with E-state index in [9.17, 15) is 14.4 Å². The minimum absolute atomic E-state index is 0.159. The van der Waals surface area contributed by atoms with E-state index in [2.05, 4.69) is 20.9 Å². The number of benzene rings is 2. The zero-order valence-corrected chi connectivity index (χ0v) is 27.0. The summed E-state index contributed by atoms with van der Waals surface area (Å²) in [4.78, 5) is 44.1. The number of methoxy groups -OCH3 is 2. The Morgan fingerprint density at radius 1 is 1.05 bits per heavy atom. The molecule has 1 atom stereocenters. The number of esters is 2. The summed E-state index contributed by atoms with van der Waals surface area (Å²) in [5.41, 5.74) is 2.11. The van der Waals surface area contributed by atoms with Crippen molar-refractivity contribution in [3.8, 4) is 22.8 Å². The normalized spacial score (nSPS) is 14.6. The molecule has 3 heterocycles. The molecule has 0 N–H and O–H groups in total. The Morgan fingerprint density at radius 3 is 2.45 bits per heavy atom. The van der Waals surface area contributed by atoms with Gasteiger partial charge in [-0.1, -0.05) is 39.4 Å². The Hall–Kier alpha value is -4.42. The molecule has 0 saturated heterocycles. The Bertz CT molecular complexity index is 1950. The highest BCUT2D eigenvalue weighted by Crippen LogP contribution is 2.41. The number of aromatic nitrogens is 1. The molecular weight excluding hydrogens is 652 g/mol. The van der Waals surface area contributed by atoms with E-state index in [0.717, 1.165) is 5.56 Å². The van der Waals surface area contributed by atoms with Crippen molar-refractivity contribution >= 4 is 45.3 Å². The van der Waals surface area contributed by atoms with Crippen molar-refractivity contribution in [2.75, 3.05) is 27.4 Å². The molecule has 0 saturated carbocycles. The van der Waals surface area contributed by atoms with E-state index in [-0.39, 0.29) is 17.7 Å². The third kappa shape index (κ3) is 5.87. The van der Waals surface area contributed by atoms with E-state index >= 15 is 0 Å². The van der Waals surface area contributed by atoms with Crippen LogP contribution in [-0.4, -0.2) is 43.9 Å². The van der Waals surface area contributed by atoms with Gasteiger partial charge in [-0.05, 0) is 62.7 Å². The first kappa shape index (κ1) is 31.0. The highest BCUT2D eigenvalue weighted by Gasteiger charge is 2.35. The van der Waals surface area contributed by atoms with Crippen LogP contribution in [0.3, 0.4) is 0 Å². The van der Waals surface area contributed by atoms with E-state index in [1.165, 1.54) is 30.1 Å². The molecule has 0 bridgehead atoms. The molecule has 2 aromatic carbocycles. The first-order chi connectivity index (χ1) is 21.2. The lowest BCUT2D eigenvalue weighted by molar-refractivity contribution is -0.139. The minimum atomic E-state index is -0.855. The second-order valence-corrected chi connectivity index (χ2v) is 11.4. The molecule has 0 aliphatic carbocycles. The molecule has 0 unspecified atom stereocenters. The summed E-state index contributed by atoms with van der Waals surface area (Å²) >= 11 is 4.81. The smallest absolute Gasteiger partial charge is 0.338 e. The van der Waals surface area contributed by atoms with Crippen LogP contribution in [0.2, 0.25) is 0 Å². The summed E-state index contributed by atoms with van der Waals surface area (Å²) in [6, 6.07) is 13.0. The van der Waals surface area contributed by atoms with Gasteiger partial charge in [-0.2, -0.15) is 0 Å². The summed E-state index contributed by atoms with van der Waals surface area (Å²) in [6.45, 7) is 5.90. The number of nitrogens with zero attached hydrogens (tertiary/aromatic N) is 2. The largest absolute Gasteiger partial charge is 0.493 e. The molecule has 4 aromatic rings. The molecule has 0 radical (unpaired) electrons. The maximum absolute atomic E-state index is 14.0. The second-order valence-electron chi connectivity index (χ2n) is 9.53. The molecule has 5 rings (SSSR count). The van der Waals surface area contributed by atoms with E-state index in [4.69, 9.17) is 23.4 Å². The summed E-state index contributed by atoms with van der Waals surface area (Å²) in [6.07, 6.45) is 1.64. The van der Waals surface area contributed by atoms with Gasteiger partial charge in [0, 0.05) is 16.1 Å². The first-order valence-electron chi connectivity index (χ1n) is 13.7. The average molecular weight is 682 g/mol. The summed E-state index contributed by atoms with van der Waals surface area (Å²) < 4.78 is 30.0. The summed E-state index contributed by atoms with van der Waals surface area (Å²) in [5.74, 6) is 0.982. The van der Waals surface area contributed by atoms with Crippen LogP contribution in [0.15, 0.2) is 78.5 Å². The SMILES string of the molecule is CCOC(=O)C1=C(C)N=c2s/c(=C/c3ccc(-c4ccc(C(=O)OC)cc4)o3)c(=O)n2[C@H]1c1cc(OC)c(OCC)cc1Br. The standard InChI is InChI=1S/C32H29BrN2O8S/c1-6-41-25-16-22(33)21(15-24(25)39-4)28-27(31(38)42-7-2)17(3)34-32-35(28)29(36)26(44-32)14-20-12-13-23(43-20)18-8-10-19(11-9-18)30(37)40-5/h8-16,28H,6-7H2,1-5H3/b26-14+/t28-/m0/s1. The van der Waals surface area contributed by atoms with Gasteiger partial charge in [0.2, 0.25) is 0 Å². The van der Waals surface area contributed by atoms with Gasteiger partial charge < -0.3 is 23.4 Å². The second kappa shape index (κ2) is 13.1. The summed E-state index contributed by atoms with van der Waals surface area (Å²) in [5, 5.41) is 0. The van der Waals surface area contributed by atoms with E-state index in [0.29, 0.717) is 60.3 Å². The fourth-order valence-corrected chi connectivity index (χ4v) is 6.44. The molecule has 228 valence electrons. The van der Waals surface area contributed by atoms with Gasteiger partial charge in [0.05, 0.1) is 54.8 Å². The van der Waals surface area contributed by atoms with Crippen LogP contribution in [-0.2, 0) is 14.3 Å².